The number of fused-ring (bicyclic) bond motifs is 1. The topological polar surface area (TPSA) is 60.5 Å². The molecule has 1 heterocycles. The minimum absolute atomic E-state index is 0.0132. The van der Waals surface area contributed by atoms with Crippen LogP contribution in [0.1, 0.15) is 0 Å². The van der Waals surface area contributed by atoms with Crippen molar-refractivity contribution in [2.45, 2.75) is 0 Å². The summed E-state index contributed by atoms with van der Waals surface area (Å²) in [5.41, 5.74) is 0.887. The van der Waals surface area contributed by atoms with Crippen LogP contribution in [0.25, 0.3) is 10.2 Å². The molecule has 0 atom stereocenters. The number of para-hydroxylation sites is 1. The Morgan fingerprint density at radius 1 is 1.39 bits per heavy atom. The van der Waals surface area contributed by atoms with Crippen molar-refractivity contribution < 1.29 is 14.3 Å². The summed E-state index contributed by atoms with van der Waals surface area (Å²) in [5.74, 6) is -0.204. The summed E-state index contributed by atoms with van der Waals surface area (Å²) in [4.78, 5) is 15.8. The van der Waals surface area contributed by atoms with Gasteiger partial charge >= 0.3 is 0 Å². The highest BCUT2D eigenvalue weighted by molar-refractivity contribution is 7.22. The first-order valence-corrected chi connectivity index (χ1v) is 6.33. The minimum Gasteiger partial charge on any atom is -0.382 e. The van der Waals surface area contributed by atoms with Gasteiger partial charge in [0.1, 0.15) is 6.61 Å². The van der Waals surface area contributed by atoms with Crippen molar-refractivity contribution in [2.24, 2.45) is 0 Å². The number of amides is 1. The van der Waals surface area contributed by atoms with E-state index in [-0.39, 0.29) is 12.5 Å². The van der Waals surface area contributed by atoms with Gasteiger partial charge in [0.25, 0.3) is 5.91 Å². The van der Waals surface area contributed by atoms with E-state index in [0.717, 1.165) is 10.2 Å². The van der Waals surface area contributed by atoms with Gasteiger partial charge < -0.3 is 9.47 Å². The van der Waals surface area contributed by atoms with Crippen LogP contribution in [0.15, 0.2) is 24.3 Å². The number of carbonyl (C=O) groups excluding carboxylic acids is 1. The Morgan fingerprint density at radius 2 is 2.22 bits per heavy atom. The van der Waals surface area contributed by atoms with E-state index in [2.05, 4.69) is 10.3 Å². The van der Waals surface area contributed by atoms with Crippen molar-refractivity contribution >= 4 is 32.6 Å². The highest BCUT2D eigenvalue weighted by Crippen LogP contribution is 2.25. The van der Waals surface area contributed by atoms with E-state index in [9.17, 15) is 4.79 Å². The number of aromatic nitrogens is 1. The fourth-order valence-electron chi connectivity index (χ4n) is 1.39. The van der Waals surface area contributed by atoms with Gasteiger partial charge in [-0.05, 0) is 12.1 Å². The first-order chi connectivity index (χ1) is 8.79. The zero-order valence-electron chi connectivity index (χ0n) is 10.0. The Bertz CT molecular complexity index is 494. The van der Waals surface area contributed by atoms with Crippen LogP contribution >= 0.6 is 11.3 Å². The number of anilines is 1. The molecule has 5 nitrogen and oxygen atoms in total. The lowest BCUT2D eigenvalue weighted by Crippen LogP contribution is -2.19. The Morgan fingerprint density at radius 3 is 3.00 bits per heavy atom. The second-order valence-electron chi connectivity index (χ2n) is 3.58. The molecule has 0 unspecified atom stereocenters. The van der Waals surface area contributed by atoms with Crippen molar-refractivity contribution in [3.63, 3.8) is 0 Å². The van der Waals surface area contributed by atoms with Crippen molar-refractivity contribution in [1.29, 1.82) is 0 Å². The molecule has 0 saturated heterocycles. The van der Waals surface area contributed by atoms with E-state index in [4.69, 9.17) is 9.47 Å². The molecule has 1 aromatic heterocycles. The zero-order valence-corrected chi connectivity index (χ0v) is 10.8. The van der Waals surface area contributed by atoms with Crippen LogP contribution in [0.4, 0.5) is 5.13 Å². The standard InChI is InChI=1S/C12H14N2O3S/c1-16-6-7-17-8-11(15)14-12-13-9-4-2-3-5-10(9)18-12/h2-5H,6-8H2,1H3,(H,13,14,15). The third kappa shape index (κ3) is 3.49. The fraction of sp³-hybridized carbons (Fsp3) is 0.333. The lowest BCUT2D eigenvalue weighted by molar-refractivity contribution is -0.121. The molecule has 2 rings (SSSR count). The summed E-state index contributed by atoms with van der Waals surface area (Å²) in [5, 5.41) is 3.30. The number of benzene rings is 1. The highest BCUT2D eigenvalue weighted by atomic mass is 32.1. The summed E-state index contributed by atoms with van der Waals surface area (Å²) in [6.07, 6.45) is 0. The van der Waals surface area contributed by atoms with Crippen molar-refractivity contribution in [3.8, 4) is 0 Å². The average molecular weight is 266 g/mol. The van der Waals surface area contributed by atoms with Gasteiger partial charge in [0.2, 0.25) is 0 Å². The van der Waals surface area contributed by atoms with Gasteiger partial charge in [0, 0.05) is 7.11 Å². The molecular weight excluding hydrogens is 252 g/mol. The molecule has 6 heteroatoms. The molecule has 0 fully saturated rings. The van der Waals surface area contributed by atoms with Crippen LogP contribution in [0.2, 0.25) is 0 Å². The number of thiazole rings is 1. The fourth-order valence-corrected chi connectivity index (χ4v) is 2.27. The number of nitrogens with zero attached hydrogens (tertiary/aromatic N) is 1. The first-order valence-electron chi connectivity index (χ1n) is 5.51. The van der Waals surface area contributed by atoms with Crippen LogP contribution in [-0.2, 0) is 14.3 Å². The maximum Gasteiger partial charge on any atom is 0.252 e. The molecule has 0 spiro atoms. The molecule has 0 bridgehead atoms. The van der Waals surface area contributed by atoms with E-state index < -0.39 is 0 Å². The second-order valence-corrected chi connectivity index (χ2v) is 4.61. The number of carbonyl (C=O) groups is 1. The molecule has 18 heavy (non-hydrogen) atoms. The molecule has 0 aliphatic heterocycles. The third-order valence-electron chi connectivity index (χ3n) is 2.21. The quantitative estimate of drug-likeness (QED) is 0.811. The lowest BCUT2D eigenvalue weighted by atomic mass is 10.3. The number of nitrogens with one attached hydrogen (secondary N) is 1. The Labute approximate surface area is 109 Å². The molecule has 0 saturated carbocycles. The van der Waals surface area contributed by atoms with Gasteiger partial charge in [-0.1, -0.05) is 23.5 Å². The third-order valence-corrected chi connectivity index (χ3v) is 3.16. The average Bonchev–Trinajstić information content (AvgIpc) is 2.76. The van der Waals surface area contributed by atoms with Crippen molar-refractivity contribution in [2.75, 3.05) is 32.2 Å². The van der Waals surface area contributed by atoms with Gasteiger partial charge in [0.05, 0.1) is 23.4 Å². The largest absolute Gasteiger partial charge is 0.382 e. The molecule has 1 aromatic carbocycles. The molecule has 96 valence electrons. The molecule has 2 aromatic rings. The predicted octanol–water partition coefficient (Wildman–Crippen LogP) is 1.90. The van der Waals surface area contributed by atoms with Crippen molar-refractivity contribution in [3.05, 3.63) is 24.3 Å². The van der Waals surface area contributed by atoms with Crippen LogP contribution < -0.4 is 5.32 Å². The van der Waals surface area contributed by atoms with Crippen LogP contribution in [0.3, 0.4) is 0 Å². The number of rotatable bonds is 6. The molecule has 1 amide bonds. The molecule has 0 aliphatic rings. The molecule has 1 N–H and O–H groups in total. The first kappa shape index (κ1) is 12.9. The van der Waals surface area contributed by atoms with E-state index >= 15 is 0 Å². The summed E-state index contributed by atoms with van der Waals surface area (Å²) in [6, 6.07) is 7.75. The monoisotopic (exact) mass is 266 g/mol. The number of hydrogen-bond acceptors (Lipinski definition) is 5. The van der Waals surface area contributed by atoms with Gasteiger partial charge in [-0.15, -0.1) is 0 Å². The van der Waals surface area contributed by atoms with Gasteiger partial charge in [-0.3, -0.25) is 10.1 Å². The smallest absolute Gasteiger partial charge is 0.252 e. The Balaban J connectivity index is 1.86. The van der Waals surface area contributed by atoms with E-state index in [1.54, 1.807) is 7.11 Å². The summed E-state index contributed by atoms with van der Waals surface area (Å²) < 4.78 is 11.0. The lowest BCUT2D eigenvalue weighted by Gasteiger charge is -2.02. The van der Waals surface area contributed by atoms with Gasteiger partial charge in [-0.25, -0.2) is 4.98 Å². The van der Waals surface area contributed by atoms with Crippen LogP contribution in [-0.4, -0.2) is 37.8 Å². The molecule has 0 radical (unpaired) electrons. The predicted molar refractivity (Wildman–Crippen MR) is 70.9 cm³/mol. The van der Waals surface area contributed by atoms with Gasteiger partial charge in [0.15, 0.2) is 5.13 Å². The van der Waals surface area contributed by atoms with E-state index in [0.29, 0.717) is 18.3 Å². The number of methoxy groups -OCH3 is 1. The summed E-state index contributed by atoms with van der Waals surface area (Å²) in [7, 11) is 1.59. The second kappa shape index (κ2) is 6.44. The minimum atomic E-state index is -0.204. The molecule has 0 aliphatic carbocycles. The van der Waals surface area contributed by atoms with E-state index in [1.807, 2.05) is 24.3 Å². The SMILES string of the molecule is COCCOCC(=O)Nc1nc2ccccc2s1. The number of ether oxygens (including phenoxy) is 2. The summed E-state index contributed by atoms with van der Waals surface area (Å²) >= 11 is 1.45. The maximum absolute atomic E-state index is 11.5. The Kier molecular flexibility index (Phi) is 4.63. The van der Waals surface area contributed by atoms with Crippen LogP contribution in [0.5, 0.6) is 0 Å². The highest BCUT2D eigenvalue weighted by Gasteiger charge is 2.07. The Hall–Kier alpha value is -1.50. The number of hydrogen-bond donors (Lipinski definition) is 1. The van der Waals surface area contributed by atoms with E-state index in [1.165, 1.54) is 11.3 Å². The van der Waals surface area contributed by atoms with Crippen molar-refractivity contribution in [1.82, 2.24) is 4.98 Å². The molecular formula is C12H14N2O3S. The summed E-state index contributed by atoms with van der Waals surface area (Å²) in [6.45, 7) is 0.900. The van der Waals surface area contributed by atoms with Crippen LogP contribution in [0, 0.1) is 0 Å². The normalized spacial score (nSPS) is 10.7. The maximum atomic E-state index is 11.5. The van der Waals surface area contributed by atoms with Gasteiger partial charge in [-0.2, -0.15) is 0 Å². The zero-order chi connectivity index (χ0) is 12.8.